The van der Waals surface area contributed by atoms with E-state index < -0.39 is 9.84 Å². The van der Waals surface area contributed by atoms with Gasteiger partial charge in [0.25, 0.3) is 0 Å². The highest BCUT2D eigenvalue weighted by Gasteiger charge is 2.23. The van der Waals surface area contributed by atoms with Crippen molar-refractivity contribution in [3.63, 3.8) is 0 Å². The molecule has 2 heterocycles. The number of aromatic nitrogens is 2. The van der Waals surface area contributed by atoms with Crippen LogP contribution in [-0.2, 0) is 9.84 Å². The summed E-state index contributed by atoms with van der Waals surface area (Å²) < 4.78 is 28.4. The predicted molar refractivity (Wildman–Crippen MR) is 120 cm³/mol. The van der Waals surface area contributed by atoms with Crippen molar-refractivity contribution >= 4 is 31.6 Å². The van der Waals surface area contributed by atoms with Crippen LogP contribution in [-0.4, -0.2) is 18.0 Å². The second kappa shape index (κ2) is 6.82. The molecule has 0 saturated carbocycles. The second-order valence-corrected chi connectivity index (χ2v) is 9.29. The maximum absolute atomic E-state index is 13.1. The average molecular weight is 413 g/mol. The van der Waals surface area contributed by atoms with E-state index in [1.807, 2.05) is 38.1 Å². The van der Waals surface area contributed by atoms with Crippen LogP contribution in [0.2, 0.25) is 0 Å². The zero-order chi connectivity index (χ0) is 20.9. The molecule has 0 bridgehead atoms. The van der Waals surface area contributed by atoms with Crippen molar-refractivity contribution in [1.82, 2.24) is 9.55 Å². The summed E-state index contributed by atoms with van der Waals surface area (Å²) >= 11 is 0. The molecule has 0 amide bonds. The lowest BCUT2D eigenvalue weighted by atomic mass is 10.2. The van der Waals surface area contributed by atoms with Gasteiger partial charge in [0, 0.05) is 10.8 Å². The summed E-state index contributed by atoms with van der Waals surface area (Å²) in [6, 6.07) is 26.6. The molecular weight excluding hydrogens is 392 g/mol. The van der Waals surface area contributed by atoms with Gasteiger partial charge in [-0.1, -0.05) is 54.6 Å². The fourth-order valence-corrected chi connectivity index (χ4v) is 5.50. The van der Waals surface area contributed by atoms with Gasteiger partial charge >= 0.3 is 0 Å². The summed E-state index contributed by atoms with van der Waals surface area (Å²) in [6.45, 7) is 3.81. The molecule has 148 valence electrons. The van der Waals surface area contributed by atoms with E-state index in [9.17, 15) is 8.42 Å². The molecule has 5 aromatic rings. The Balaban J connectivity index is 1.79. The van der Waals surface area contributed by atoms with E-state index in [0.717, 1.165) is 33.1 Å². The zero-order valence-electron chi connectivity index (χ0n) is 16.7. The standard InChI is InChI=1S/C25H20N2O2S/c1-17-16-24(30(28,29)19-10-4-3-5-11-19)26-18(2)25(17)27-22-14-8-6-12-20(22)21-13-7-9-15-23(21)27/h3-16H,1-2H3. The molecule has 4 nitrogen and oxygen atoms in total. The molecule has 0 saturated heterocycles. The number of pyridine rings is 1. The molecular formula is C25H20N2O2S. The van der Waals surface area contributed by atoms with E-state index in [1.165, 1.54) is 0 Å². The van der Waals surface area contributed by atoms with E-state index in [4.69, 9.17) is 0 Å². The van der Waals surface area contributed by atoms with Gasteiger partial charge in [0.2, 0.25) is 9.84 Å². The van der Waals surface area contributed by atoms with Gasteiger partial charge in [-0.3, -0.25) is 0 Å². The minimum Gasteiger partial charge on any atom is -0.307 e. The fraction of sp³-hybridized carbons (Fsp3) is 0.0800. The van der Waals surface area contributed by atoms with Crippen LogP contribution in [0.4, 0.5) is 0 Å². The van der Waals surface area contributed by atoms with Crippen molar-refractivity contribution in [2.24, 2.45) is 0 Å². The van der Waals surface area contributed by atoms with Crippen molar-refractivity contribution in [2.75, 3.05) is 0 Å². The second-order valence-electron chi connectivity index (χ2n) is 7.40. The Morgan fingerprint density at radius 2 is 1.27 bits per heavy atom. The van der Waals surface area contributed by atoms with Crippen molar-refractivity contribution in [2.45, 2.75) is 23.8 Å². The van der Waals surface area contributed by atoms with Crippen LogP contribution in [0.3, 0.4) is 0 Å². The number of hydrogen-bond acceptors (Lipinski definition) is 3. The molecule has 0 spiro atoms. The fourth-order valence-electron chi connectivity index (χ4n) is 4.15. The largest absolute Gasteiger partial charge is 0.307 e. The van der Waals surface area contributed by atoms with Gasteiger partial charge < -0.3 is 4.57 Å². The maximum Gasteiger partial charge on any atom is 0.223 e. The van der Waals surface area contributed by atoms with Crippen molar-refractivity contribution in [1.29, 1.82) is 0 Å². The third-order valence-electron chi connectivity index (χ3n) is 5.47. The van der Waals surface area contributed by atoms with Crippen LogP contribution in [0.15, 0.2) is 94.9 Å². The molecule has 0 N–H and O–H groups in total. The Morgan fingerprint density at radius 3 is 1.83 bits per heavy atom. The Labute approximate surface area is 175 Å². The molecule has 30 heavy (non-hydrogen) atoms. The summed E-state index contributed by atoms with van der Waals surface area (Å²) in [6.07, 6.45) is 0. The predicted octanol–water partition coefficient (Wildman–Crippen LogP) is 5.63. The first kappa shape index (κ1) is 18.6. The molecule has 0 fully saturated rings. The topological polar surface area (TPSA) is 52.0 Å². The normalized spacial score (nSPS) is 11.9. The summed E-state index contributed by atoms with van der Waals surface area (Å²) in [5.74, 6) is 0. The SMILES string of the molecule is Cc1cc(S(=O)(=O)c2ccccc2)nc(C)c1-n1c2ccccc2c2ccccc21. The van der Waals surface area contributed by atoms with Crippen LogP contribution in [0.1, 0.15) is 11.3 Å². The van der Waals surface area contributed by atoms with Crippen LogP contribution in [0.5, 0.6) is 0 Å². The molecule has 0 aliphatic carbocycles. The molecule has 5 rings (SSSR count). The third kappa shape index (κ3) is 2.74. The van der Waals surface area contributed by atoms with Gasteiger partial charge in [0.15, 0.2) is 5.03 Å². The Kier molecular flexibility index (Phi) is 4.22. The Hall–Kier alpha value is -3.44. The van der Waals surface area contributed by atoms with Crippen molar-refractivity contribution < 1.29 is 8.42 Å². The lowest BCUT2D eigenvalue weighted by Gasteiger charge is -2.15. The van der Waals surface area contributed by atoms with Crippen molar-refractivity contribution in [3.8, 4) is 5.69 Å². The molecule has 5 heteroatoms. The molecule has 3 aromatic carbocycles. The van der Waals surface area contributed by atoms with Gasteiger partial charge in [-0.2, -0.15) is 0 Å². The maximum atomic E-state index is 13.1. The summed E-state index contributed by atoms with van der Waals surface area (Å²) in [5, 5.41) is 2.40. The third-order valence-corrected chi connectivity index (χ3v) is 7.12. The van der Waals surface area contributed by atoms with E-state index in [0.29, 0.717) is 5.69 Å². The van der Waals surface area contributed by atoms with Crippen molar-refractivity contribution in [3.05, 3.63) is 96.2 Å². The molecule has 0 aliphatic rings. The number of aryl methyl sites for hydroxylation is 2. The lowest BCUT2D eigenvalue weighted by Crippen LogP contribution is -2.09. The van der Waals surface area contributed by atoms with Crippen LogP contribution in [0, 0.1) is 13.8 Å². The molecule has 0 aliphatic heterocycles. The van der Waals surface area contributed by atoms with E-state index >= 15 is 0 Å². The Morgan fingerprint density at radius 1 is 0.733 bits per heavy atom. The van der Waals surface area contributed by atoms with Gasteiger partial charge in [-0.25, -0.2) is 13.4 Å². The highest BCUT2D eigenvalue weighted by molar-refractivity contribution is 7.91. The number of benzene rings is 3. The quantitative estimate of drug-likeness (QED) is 0.386. The molecule has 0 radical (unpaired) electrons. The monoisotopic (exact) mass is 412 g/mol. The van der Waals surface area contributed by atoms with E-state index in [-0.39, 0.29) is 9.92 Å². The smallest absolute Gasteiger partial charge is 0.223 e. The molecule has 0 atom stereocenters. The van der Waals surface area contributed by atoms with E-state index in [2.05, 4.69) is 33.8 Å². The first-order chi connectivity index (χ1) is 14.5. The average Bonchev–Trinajstić information content (AvgIpc) is 3.08. The van der Waals surface area contributed by atoms with Gasteiger partial charge in [-0.15, -0.1) is 0 Å². The molecule has 0 unspecified atom stereocenters. The van der Waals surface area contributed by atoms with E-state index in [1.54, 1.807) is 36.4 Å². The van der Waals surface area contributed by atoms with Crippen LogP contribution in [0.25, 0.3) is 27.5 Å². The first-order valence-corrected chi connectivity index (χ1v) is 11.2. The zero-order valence-corrected chi connectivity index (χ0v) is 17.5. The highest BCUT2D eigenvalue weighted by Crippen LogP contribution is 2.34. The summed E-state index contributed by atoms with van der Waals surface area (Å²) in [5.41, 5.74) is 4.61. The van der Waals surface area contributed by atoms with Crippen LogP contribution >= 0.6 is 0 Å². The highest BCUT2D eigenvalue weighted by atomic mass is 32.2. The number of fused-ring (bicyclic) bond motifs is 3. The number of nitrogens with zero attached hydrogens (tertiary/aromatic N) is 2. The molecule has 2 aromatic heterocycles. The van der Waals surface area contributed by atoms with Crippen LogP contribution < -0.4 is 0 Å². The van der Waals surface area contributed by atoms with Gasteiger partial charge in [0.05, 0.1) is 27.3 Å². The number of sulfone groups is 1. The lowest BCUT2D eigenvalue weighted by molar-refractivity contribution is 0.591. The minimum atomic E-state index is -3.67. The van der Waals surface area contributed by atoms with Gasteiger partial charge in [-0.05, 0) is 49.7 Å². The summed E-state index contributed by atoms with van der Waals surface area (Å²) in [4.78, 5) is 4.79. The summed E-state index contributed by atoms with van der Waals surface area (Å²) in [7, 11) is -3.67. The number of para-hydroxylation sites is 2. The number of rotatable bonds is 3. The number of hydrogen-bond donors (Lipinski definition) is 0. The van der Waals surface area contributed by atoms with Gasteiger partial charge in [0.1, 0.15) is 0 Å². The minimum absolute atomic E-state index is 0.0771. The Bertz CT molecular complexity index is 1440. The first-order valence-electron chi connectivity index (χ1n) is 9.75.